The lowest BCUT2D eigenvalue weighted by atomic mass is 10.1. The quantitative estimate of drug-likeness (QED) is 0.545. The van der Waals surface area contributed by atoms with Gasteiger partial charge in [-0.3, -0.25) is 10.1 Å². The summed E-state index contributed by atoms with van der Waals surface area (Å²) in [6, 6.07) is 13.7. The van der Waals surface area contributed by atoms with Crippen LogP contribution in [0.2, 0.25) is 0 Å². The molecule has 0 aliphatic rings. The molecule has 1 N–H and O–H groups in total. The number of benzene rings is 2. The van der Waals surface area contributed by atoms with Crippen LogP contribution in [-0.2, 0) is 6.61 Å². The molecule has 1 aromatic heterocycles. The Morgan fingerprint density at radius 3 is 2.71 bits per heavy atom. The zero-order chi connectivity index (χ0) is 16.9. The van der Waals surface area contributed by atoms with E-state index in [1.54, 1.807) is 11.6 Å². The highest BCUT2D eigenvalue weighted by molar-refractivity contribution is 7.09. The molecule has 3 aromatic rings. The van der Waals surface area contributed by atoms with Crippen molar-refractivity contribution in [3.8, 4) is 5.75 Å². The van der Waals surface area contributed by atoms with Crippen LogP contribution in [0.5, 0.6) is 5.75 Å². The van der Waals surface area contributed by atoms with E-state index in [1.807, 2.05) is 30.3 Å². The number of aliphatic hydroxyl groups excluding tert-OH is 1. The molecule has 7 heteroatoms. The first-order chi connectivity index (χ1) is 11.6. The van der Waals surface area contributed by atoms with Crippen molar-refractivity contribution in [1.82, 2.24) is 4.98 Å². The van der Waals surface area contributed by atoms with E-state index in [0.717, 1.165) is 5.56 Å². The number of nitro groups is 1. The minimum absolute atomic E-state index is 0.122. The molecule has 1 atom stereocenters. The Morgan fingerprint density at radius 1 is 1.25 bits per heavy atom. The normalized spacial score (nSPS) is 11.9. The topological polar surface area (TPSA) is 85.5 Å². The Kier molecular flexibility index (Phi) is 4.83. The molecule has 24 heavy (non-hydrogen) atoms. The molecule has 0 bridgehead atoms. The summed E-state index contributed by atoms with van der Waals surface area (Å²) >= 11 is 1.32. The number of ether oxygens (including phenoxy) is 1. The second-order valence-electron chi connectivity index (χ2n) is 5.03. The third-order valence-electron chi connectivity index (χ3n) is 3.42. The number of hydrogen-bond donors (Lipinski definition) is 1. The lowest BCUT2D eigenvalue weighted by Gasteiger charge is -2.11. The van der Waals surface area contributed by atoms with Gasteiger partial charge in [-0.2, -0.15) is 0 Å². The monoisotopic (exact) mass is 342 g/mol. The van der Waals surface area contributed by atoms with Crippen LogP contribution in [0, 0.1) is 10.1 Å². The molecule has 6 nitrogen and oxygen atoms in total. The molecule has 0 aliphatic carbocycles. The minimum Gasteiger partial charge on any atom is -0.482 e. The first kappa shape index (κ1) is 16.1. The van der Waals surface area contributed by atoms with Gasteiger partial charge in [-0.25, -0.2) is 4.98 Å². The maximum atomic E-state index is 11.2. The van der Waals surface area contributed by atoms with E-state index in [9.17, 15) is 15.2 Å². The fourth-order valence-electron chi connectivity index (χ4n) is 2.21. The van der Waals surface area contributed by atoms with Crippen molar-refractivity contribution in [3.63, 3.8) is 0 Å². The van der Waals surface area contributed by atoms with Crippen LogP contribution in [0.25, 0.3) is 0 Å². The molecule has 2 aromatic carbocycles. The SMILES string of the molecule is O=[N+]([O-])c1ccc(C(O)c2nccs2)cc1OCc1ccccc1. The lowest BCUT2D eigenvalue weighted by molar-refractivity contribution is -0.386. The highest BCUT2D eigenvalue weighted by Crippen LogP contribution is 2.33. The Hall–Kier alpha value is -2.77. The van der Waals surface area contributed by atoms with Gasteiger partial charge in [-0.15, -0.1) is 11.3 Å². The van der Waals surface area contributed by atoms with Crippen molar-refractivity contribution in [2.45, 2.75) is 12.7 Å². The third-order valence-corrected chi connectivity index (χ3v) is 4.25. The van der Waals surface area contributed by atoms with Crippen molar-refractivity contribution >= 4 is 17.0 Å². The number of nitrogens with zero attached hydrogens (tertiary/aromatic N) is 2. The average molecular weight is 342 g/mol. The molecule has 0 aliphatic heterocycles. The lowest BCUT2D eigenvalue weighted by Crippen LogP contribution is -2.03. The number of thiazole rings is 1. The molecule has 3 rings (SSSR count). The van der Waals surface area contributed by atoms with Crippen LogP contribution < -0.4 is 4.74 Å². The molecule has 0 spiro atoms. The summed E-state index contributed by atoms with van der Waals surface area (Å²) in [6.45, 7) is 0.207. The van der Waals surface area contributed by atoms with E-state index in [-0.39, 0.29) is 18.0 Å². The summed E-state index contributed by atoms with van der Waals surface area (Å²) in [7, 11) is 0. The molecule has 0 saturated heterocycles. The minimum atomic E-state index is -0.940. The first-order valence-electron chi connectivity index (χ1n) is 7.17. The highest BCUT2D eigenvalue weighted by Gasteiger charge is 2.20. The summed E-state index contributed by atoms with van der Waals surface area (Å²) in [5.41, 5.74) is 1.26. The average Bonchev–Trinajstić information content (AvgIpc) is 3.14. The Labute approximate surface area is 142 Å². The first-order valence-corrected chi connectivity index (χ1v) is 8.05. The standard InChI is InChI=1S/C17H14N2O4S/c20-16(17-18-8-9-24-17)13-6-7-14(19(21)22)15(10-13)23-11-12-4-2-1-3-5-12/h1-10,16,20H,11H2. The fraction of sp³-hybridized carbons (Fsp3) is 0.118. The van der Waals surface area contributed by atoms with Gasteiger partial charge >= 0.3 is 5.69 Å². The second kappa shape index (κ2) is 7.20. The van der Waals surface area contributed by atoms with E-state index in [2.05, 4.69) is 4.98 Å². The predicted molar refractivity (Wildman–Crippen MR) is 90.0 cm³/mol. The third kappa shape index (κ3) is 3.58. The Balaban J connectivity index is 1.87. The van der Waals surface area contributed by atoms with E-state index in [4.69, 9.17) is 4.74 Å². The smallest absolute Gasteiger partial charge is 0.310 e. The van der Waals surface area contributed by atoms with Crippen molar-refractivity contribution in [1.29, 1.82) is 0 Å². The Morgan fingerprint density at radius 2 is 2.04 bits per heavy atom. The molecule has 0 saturated carbocycles. The van der Waals surface area contributed by atoms with E-state index in [1.165, 1.54) is 29.5 Å². The van der Waals surface area contributed by atoms with Crippen molar-refractivity contribution in [2.24, 2.45) is 0 Å². The zero-order valence-corrected chi connectivity index (χ0v) is 13.3. The van der Waals surface area contributed by atoms with Gasteiger partial charge in [0, 0.05) is 17.6 Å². The summed E-state index contributed by atoms with van der Waals surface area (Å²) in [5.74, 6) is 0.122. The largest absolute Gasteiger partial charge is 0.482 e. The summed E-state index contributed by atoms with van der Waals surface area (Å²) in [5, 5.41) is 23.8. The number of aromatic nitrogens is 1. The maximum absolute atomic E-state index is 11.2. The molecule has 0 fully saturated rings. The van der Waals surface area contributed by atoms with Crippen LogP contribution in [0.4, 0.5) is 5.69 Å². The molecule has 122 valence electrons. The van der Waals surface area contributed by atoms with Gasteiger partial charge in [0.05, 0.1) is 4.92 Å². The molecule has 0 amide bonds. The van der Waals surface area contributed by atoms with E-state index in [0.29, 0.717) is 10.6 Å². The number of nitro benzene ring substituents is 1. The van der Waals surface area contributed by atoms with E-state index >= 15 is 0 Å². The molecular weight excluding hydrogens is 328 g/mol. The Bertz CT molecular complexity index is 822. The van der Waals surface area contributed by atoms with Gasteiger partial charge in [0.1, 0.15) is 17.7 Å². The van der Waals surface area contributed by atoms with Crippen molar-refractivity contribution in [2.75, 3.05) is 0 Å². The zero-order valence-electron chi connectivity index (χ0n) is 12.5. The van der Waals surface area contributed by atoms with Crippen LogP contribution in [-0.4, -0.2) is 15.0 Å². The highest BCUT2D eigenvalue weighted by atomic mass is 32.1. The van der Waals surface area contributed by atoms with Crippen molar-refractivity contribution < 1.29 is 14.8 Å². The van der Waals surface area contributed by atoms with Crippen molar-refractivity contribution in [3.05, 3.63) is 86.4 Å². The van der Waals surface area contributed by atoms with Gasteiger partial charge in [0.15, 0.2) is 5.75 Å². The molecule has 0 radical (unpaired) electrons. The van der Waals surface area contributed by atoms with Crippen LogP contribution in [0.3, 0.4) is 0 Å². The molecule has 1 unspecified atom stereocenters. The number of hydrogen-bond acceptors (Lipinski definition) is 6. The van der Waals surface area contributed by atoms with Gasteiger partial charge in [-0.1, -0.05) is 30.3 Å². The number of rotatable bonds is 6. The van der Waals surface area contributed by atoms with Crippen LogP contribution in [0.15, 0.2) is 60.1 Å². The fourth-order valence-corrected chi connectivity index (χ4v) is 2.86. The van der Waals surface area contributed by atoms with E-state index < -0.39 is 11.0 Å². The van der Waals surface area contributed by atoms with Crippen LogP contribution in [0.1, 0.15) is 22.2 Å². The summed E-state index contributed by atoms with van der Waals surface area (Å²) < 4.78 is 5.62. The summed E-state index contributed by atoms with van der Waals surface area (Å²) in [6.07, 6.45) is 0.659. The van der Waals surface area contributed by atoms with Gasteiger partial charge in [0.25, 0.3) is 0 Å². The predicted octanol–water partition coefficient (Wildman–Crippen LogP) is 3.71. The van der Waals surface area contributed by atoms with Crippen LogP contribution >= 0.6 is 11.3 Å². The van der Waals surface area contributed by atoms with Gasteiger partial charge < -0.3 is 9.84 Å². The second-order valence-corrected chi connectivity index (χ2v) is 5.96. The van der Waals surface area contributed by atoms with Gasteiger partial charge in [-0.05, 0) is 23.3 Å². The van der Waals surface area contributed by atoms with Gasteiger partial charge in [0.2, 0.25) is 0 Å². The number of aliphatic hydroxyl groups is 1. The molecular formula is C17H14N2O4S. The summed E-state index contributed by atoms with van der Waals surface area (Å²) in [4.78, 5) is 14.8. The molecule has 1 heterocycles. The maximum Gasteiger partial charge on any atom is 0.310 e.